The van der Waals surface area contributed by atoms with Crippen molar-refractivity contribution in [1.82, 2.24) is 16.0 Å². The van der Waals surface area contributed by atoms with Crippen molar-refractivity contribution in [2.24, 2.45) is 26.8 Å². The average Bonchev–Trinajstić information content (AvgIpc) is 3.80. The van der Waals surface area contributed by atoms with Crippen LogP contribution in [0.4, 0.5) is 51.2 Å². The number of carbonyl (C=O) groups is 5. The van der Waals surface area contributed by atoms with Gasteiger partial charge < -0.3 is 62.0 Å². The molecule has 5 aromatic carbocycles. The molecule has 3 heterocycles. The smallest absolute Gasteiger partial charge is 0.490 e. The molecule has 24 heteroatoms. The van der Waals surface area contributed by atoms with E-state index in [1.54, 1.807) is 67.6 Å². The van der Waals surface area contributed by atoms with Crippen LogP contribution in [0.2, 0.25) is 0 Å². The first kappa shape index (κ1) is 54.9. The van der Waals surface area contributed by atoms with Crippen molar-refractivity contribution < 1.29 is 61.9 Å². The van der Waals surface area contributed by atoms with Gasteiger partial charge in [-0.15, -0.1) is 0 Å². The number of phenolic OH excluding ortho intramolecular Hbond substituents is 1. The number of aliphatic carboxylic acids is 1. The van der Waals surface area contributed by atoms with Crippen molar-refractivity contribution in [1.29, 1.82) is 0 Å². The number of thioether (sulfide) groups is 1. The Morgan fingerprint density at radius 2 is 1.32 bits per heavy atom. The van der Waals surface area contributed by atoms with Gasteiger partial charge in [0.05, 0.1) is 36.9 Å². The van der Waals surface area contributed by atoms with Gasteiger partial charge in [-0.3, -0.25) is 14.8 Å². The Labute approximate surface area is 448 Å². The molecule has 0 radical (unpaired) electrons. The fourth-order valence-corrected chi connectivity index (χ4v) is 8.93. The third-order valence-electron chi connectivity index (χ3n) is 11.8. The lowest BCUT2D eigenvalue weighted by Crippen LogP contribution is -2.27. The Morgan fingerprint density at radius 1 is 0.756 bits per heavy atom. The van der Waals surface area contributed by atoms with Crippen LogP contribution in [0.15, 0.2) is 146 Å². The van der Waals surface area contributed by atoms with Crippen molar-refractivity contribution in [3.63, 3.8) is 0 Å². The van der Waals surface area contributed by atoms with E-state index in [9.17, 15) is 42.6 Å². The summed E-state index contributed by atoms with van der Waals surface area (Å²) in [6.07, 6.45) is -2.67. The Kier molecular flexibility index (Phi) is 17.6. The van der Waals surface area contributed by atoms with Crippen LogP contribution in [-0.2, 0) is 14.3 Å². The molecule has 5 aromatic rings. The quantitative estimate of drug-likeness (QED) is 0.0415. The number of urea groups is 2. The predicted molar refractivity (Wildman–Crippen MR) is 290 cm³/mol. The zero-order valence-corrected chi connectivity index (χ0v) is 42.3. The van der Waals surface area contributed by atoms with Crippen LogP contribution >= 0.6 is 11.8 Å². The van der Waals surface area contributed by atoms with Crippen LogP contribution in [0.3, 0.4) is 0 Å². The highest BCUT2D eigenvalue weighted by Crippen LogP contribution is 2.42. The number of carboxylic acids is 1. The van der Waals surface area contributed by atoms with Crippen LogP contribution in [0.5, 0.6) is 11.5 Å². The summed E-state index contributed by atoms with van der Waals surface area (Å²) in [6.45, 7) is 5.40. The Balaban J connectivity index is 0.00000107. The summed E-state index contributed by atoms with van der Waals surface area (Å²) in [4.78, 5) is 75.6. The number of aliphatic hydroxyl groups excluding tert-OH is 1. The number of hydrogen-bond donors (Lipinski definition) is 10. The van der Waals surface area contributed by atoms with E-state index in [0.717, 1.165) is 54.1 Å². The number of carbonyl (C=O) groups excluding carboxylic acids is 4. The number of hydrogen-bond acceptors (Lipinski definition) is 15. The summed E-state index contributed by atoms with van der Waals surface area (Å²) in [7, 11) is 0. The van der Waals surface area contributed by atoms with E-state index in [1.807, 2.05) is 42.5 Å². The molecule has 404 valence electrons. The third kappa shape index (κ3) is 15.0. The molecule has 3 aliphatic heterocycles. The molecule has 2 atom stereocenters. The van der Waals surface area contributed by atoms with Crippen molar-refractivity contribution in [2.45, 2.75) is 19.5 Å². The number of aliphatic imine (C=N–C) groups is 3. The SMILES string of the molecule is CCOC(=O)C1=C(O)/C(=C/c2ccc(OCC3CC3CNC(=O)c3cc(NC(=O)Nc4ccc(C5=NCCN5)cc4)cc(NC(=O)Nc4ccc(C5=NCCN5)cc4)c3)c(O)c2)SC1=Nc1ccccc1.O=C(O)C(F)(F)F. The lowest BCUT2D eigenvalue weighted by Gasteiger charge is -2.14. The van der Waals surface area contributed by atoms with Gasteiger partial charge >= 0.3 is 30.2 Å². The lowest BCUT2D eigenvalue weighted by molar-refractivity contribution is -0.192. The molecule has 0 saturated heterocycles. The van der Waals surface area contributed by atoms with Crippen molar-refractivity contribution in [3.05, 3.63) is 154 Å². The number of amidine groups is 2. The second kappa shape index (κ2) is 25.0. The summed E-state index contributed by atoms with van der Waals surface area (Å²) in [5, 5.41) is 50.0. The molecule has 0 bridgehead atoms. The number of ether oxygens (including phenoxy) is 2. The number of anilines is 4. The minimum absolute atomic E-state index is 0.0311. The second-order valence-electron chi connectivity index (χ2n) is 17.5. The van der Waals surface area contributed by atoms with E-state index >= 15 is 0 Å². The number of rotatable bonds is 16. The number of benzene rings is 5. The van der Waals surface area contributed by atoms with E-state index in [2.05, 4.69) is 52.2 Å². The molecule has 1 saturated carbocycles. The molecule has 0 aromatic heterocycles. The van der Waals surface area contributed by atoms with E-state index in [0.29, 0.717) is 52.2 Å². The molecule has 1 aliphatic carbocycles. The van der Waals surface area contributed by atoms with E-state index < -0.39 is 36.1 Å². The molecule has 5 amide bonds. The summed E-state index contributed by atoms with van der Waals surface area (Å²) >= 11 is 1.12. The minimum Gasteiger partial charge on any atom is -0.506 e. The zero-order valence-electron chi connectivity index (χ0n) is 41.4. The number of esters is 1. The molecule has 10 N–H and O–H groups in total. The number of para-hydroxylation sites is 1. The van der Waals surface area contributed by atoms with Crippen LogP contribution in [-0.4, -0.2) is 114 Å². The largest absolute Gasteiger partial charge is 0.506 e. The predicted octanol–water partition coefficient (Wildman–Crippen LogP) is 8.65. The van der Waals surface area contributed by atoms with E-state index in [-0.39, 0.29) is 64.8 Å². The van der Waals surface area contributed by atoms with Crippen LogP contribution < -0.4 is 42.0 Å². The van der Waals surface area contributed by atoms with Crippen LogP contribution in [0.1, 0.15) is 40.4 Å². The standard InChI is InChI=1S/C52H50N10O8S.C2HF3O2/c1-2-69-50(66)44-45(64)43(71-49(44)58-36-6-4-3-5-7-36)23-30-8-17-42(41(63)22-30)70-29-35-24-34(35)28-57-48(65)33-25-39(61-51(67)59-37-13-9-31(10-14-37)46-53-18-19-54-46)27-40(26-33)62-52(68)60-38-15-11-32(12-16-38)47-55-20-21-56-47;3-2(4,5)1(6)7/h3-17,22-23,25-27,34-35,63-64H,2,18-21,24,28-29H2,1H3,(H,53,54)(H,55,56)(H,57,65)(H2,59,61,67)(H2,60,62,68);(H,6,7)/b43-23-,58-49?;. The summed E-state index contributed by atoms with van der Waals surface area (Å²) in [5.74, 6) is -2.18. The first-order valence-electron chi connectivity index (χ1n) is 24.3. The Morgan fingerprint density at radius 3 is 1.83 bits per heavy atom. The molecular formula is C54H51F3N10O10S. The maximum atomic E-state index is 13.7. The van der Waals surface area contributed by atoms with Gasteiger partial charge in [0, 0.05) is 59.1 Å². The number of carboxylic acid groups (broad SMARTS) is 1. The number of aliphatic hydroxyl groups is 1. The molecule has 9 rings (SSSR count). The van der Waals surface area contributed by atoms with Gasteiger partial charge in [0.25, 0.3) is 5.91 Å². The van der Waals surface area contributed by atoms with Crippen molar-refractivity contribution >= 4 is 92.9 Å². The number of phenols is 1. The first-order chi connectivity index (χ1) is 37.5. The number of amides is 5. The molecule has 0 spiro atoms. The monoisotopic (exact) mass is 1090 g/mol. The third-order valence-corrected chi connectivity index (χ3v) is 12.8. The zero-order chi connectivity index (χ0) is 55.3. The second-order valence-corrected chi connectivity index (χ2v) is 18.6. The van der Waals surface area contributed by atoms with Crippen molar-refractivity contribution in [3.8, 4) is 11.5 Å². The average molecular weight is 1090 g/mol. The molecule has 4 aliphatic rings. The van der Waals surface area contributed by atoms with Gasteiger partial charge in [-0.1, -0.05) is 36.0 Å². The Bertz CT molecular complexity index is 3140. The van der Waals surface area contributed by atoms with Gasteiger partial charge in [0.15, 0.2) is 11.5 Å². The van der Waals surface area contributed by atoms with Crippen LogP contribution in [0.25, 0.3) is 6.08 Å². The topological polar surface area (TPSA) is 286 Å². The maximum absolute atomic E-state index is 13.7. The van der Waals surface area contributed by atoms with Gasteiger partial charge in [0.2, 0.25) is 0 Å². The summed E-state index contributed by atoms with van der Waals surface area (Å²) in [5.41, 5.74) is 4.74. The number of aromatic hydroxyl groups is 1. The summed E-state index contributed by atoms with van der Waals surface area (Å²) < 4.78 is 42.9. The molecule has 1 fully saturated rings. The van der Waals surface area contributed by atoms with Crippen LogP contribution in [0, 0.1) is 11.8 Å². The highest BCUT2D eigenvalue weighted by Gasteiger charge is 2.39. The normalized spacial score (nSPS) is 17.3. The van der Waals surface area contributed by atoms with Crippen molar-refractivity contribution in [2.75, 3.05) is 67.2 Å². The highest BCUT2D eigenvalue weighted by molar-refractivity contribution is 8.18. The number of halogens is 3. The number of nitrogens with one attached hydrogen (secondary N) is 7. The van der Waals surface area contributed by atoms with Gasteiger partial charge in [0.1, 0.15) is 28.0 Å². The fourth-order valence-electron chi connectivity index (χ4n) is 7.89. The first-order valence-corrected chi connectivity index (χ1v) is 25.1. The van der Waals surface area contributed by atoms with Gasteiger partial charge in [-0.2, -0.15) is 13.2 Å². The molecule has 20 nitrogen and oxygen atoms in total. The lowest BCUT2D eigenvalue weighted by atomic mass is 10.1. The maximum Gasteiger partial charge on any atom is 0.490 e. The highest BCUT2D eigenvalue weighted by atomic mass is 32.2. The van der Waals surface area contributed by atoms with E-state index in [1.165, 1.54) is 18.2 Å². The number of nitrogens with zero attached hydrogens (tertiary/aromatic N) is 3. The summed E-state index contributed by atoms with van der Waals surface area (Å²) in [6, 6.07) is 31.9. The number of alkyl halides is 3. The van der Waals surface area contributed by atoms with E-state index in [4.69, 9.17) is 19.4 Å². The van der Waals surface area contributed by atoms with Gasteiger partial charge in [-0.25, -0.2) is 24.2 Å². The molecular weight excluding hydrogens is 1040 g/mol. The molecule has 2 unspecified atom stereocenters. The fraction of sp³-hybridized carbons (Fsp3) is 0.222. The minimum atomic E-state index is -5.08. The van der Waals surface area contributed by atoms with Gasteiger partial charge in [-0.05, 0) is 128 Å². The Hall–Kier alpha value is -9.32. The molecule has 78 heavy (non-hydrogen) atoms.